The third-order valence-electron chi connectivity index (χ3n) is 3.40. The first-order valence-corrected chi connectivity index (χ1v) is 7.78. The Hall–Kier alpha value is -2.66. The molecule has 0 atom stereocenters. The second-order valence-electron chi connectivity index (χ2n) is 4.85. The molecule has 108 valence electrons. The van der Waals surface area contributed by atoms with Gasteiger partial charge in [0.1, 0.15) is 22.7 Å². The first-order chi connectivity index (χ1) is 10.9. The lowest BCUT2D eigenvalue weighted by Crippen LogP contribution is -2.00. The van der Waals surface area contributed by atoms with Crippen molar-refractivity contribution in [1.82, 2.24) is 9.97 Å². The number of furan rings is 1. The summed E-state index contributed by atoms with van der Waals surface area (Å²) in [5.74, 6) is 1.71. The van der Waals surface area contributed by atoms with Crippen LogP contribution in [0.1, 0.15) is 5.76 Å². The van der Waals surface area contributed by atoms with Gasteiger partial charge in [0.05, 0.1) is 18.2 Å². The highest BCUT2D eigenvalue weighted by atomic mass is 32.1. The number of hydrogen-bond donors (Lipinski definition) is 1. The molecule has 0 amide bonds. The molecule has 3 heterocycles. The maximum Gasteiger partial charge on any atom is 0.138 e. The molecule has 22 heavy (non-hydrogen) atoms. The summed E-state index contributed by atoms with van der Waals surface area (Å²) in [4.78, 5) is 10.9. The normalized spacial score (nSPS) is 10.9. The van der Waals surface area contributed by atoms with E-state index >= 15 is 0 Å². The number of nitrogens with zero attached hydrogens (tertiary/aromatic N) is 2. The molecule has 1 aromatic carbocycles. The van der Waals surface area contributed by atoms with Crippen LogP contribution in [0.2, 0.25) is 0 Å². The summed E-state index contributed by atoms with van der Waals surface area (Å²) in [6, 6.07) is 16.3. The SMILES string of the molecule is c1ccc(-c2cc3c(NCc4ccco4)ncnc3s2)cc1. The first-order valence-electron chi connectivity index (χ1n) is 6.96. The number of hydrogen-bond acceptors (Lipinski definition) is 5. The van der Waals surface area contributed by atoms with E-state index in [-0.39, 0.29) is 0 Å². The van der Waals surface area contributed by atoms with Crippen LogP contribution >= 0.6 is 11.3 Å². The van der Waals surface area contributed by atoms with Gasteiger partial charge in [0.2, 0.25) is 0 Å². The van der Waals surface area contributed by atoms with E-state index in [0.29, 0.717) is 6.54 Å². The fraction of sp³-hybridized carbons (Fsp3) is 0.0588. The lowest BCUT2D eigenvalue weighted by Gasteiger charge is -2.03. The molecule has 3 aromatic heterocycles. The van der Waals surface area contributed by atoms with Gasteiger partial charge in [0, 0.05) is 4.88 Å². The van der Waals surface area contributed by atoms with Crippen LogP contribution in [-0.4, -0.2) is 9.97 Å². The van der Waals surface area contributed by atoms with E-state index in [4.69, 9.17) is 4.42 Å². The van der Waals surface area contributed by atoms with Crippen molar-refractivity contribution in [1.29, 1.82) is 0 Å². The molecule has 0 bridgehead atoms. The molecule has 0 radical (unpaired) electrons. The summed E-state index contributed by atoms with van der Waals surface area (Å²) in [6.07, 6.45) is 3.27. The molecular weight excluding hydrogens is 294 g/mol. The molecule has 0 spiro atoms. The molecule has 1 N–H and O–H groups in total. The molecule has 0 saturated carbocycles. The minimum atomic E-state index is 0.607. The Balaban J connectivity index is 1.69. The number of benzene rings is 1. The second kappa shape index (κ2) is 5.61. The number of nitrogens with one attached hydrogen (secondary N) is 1. The summed E-state index contributed by atoms with van der Waals surface area (Å²) in [7, 11) is 0. The van der Waals surface area contributed by atoms with Crippen molar-refractivity contribution in [2.45, 2.75) is 6.54 Å². The van der Waals surface area contributed by atoms with Gasteiger partial charge in [-0.1, -0.05) is 30.3 Å². The minimum absolute atomic E-state index is 0.607. The minimum Gasteiger partial charge on any atom is -0.467 e. The average molecular weight is 307 g/mol. The molecule has 4 aromatic rings. The van der Waals surface area contributed by atoms with Crippen molar-refractivity contribution in [2.24, 2.45) is 0 Å². The standard InChI is InChI=1S/C17H13N3OS/c1-2-5-12(6-3-1)15-9-14-16(19-11-20-17(14)22-15)18-10-13-7-4-8-21-13/h1-9,11H,10H2,(H,18,19,20). The number of thiophene rings is 1. The number of fused-ring (bicyclic) bond motifs is 1. The van der Waals surface area contributed by atoms with Gasteiger partial charge in [-0.2, -0.15) is 0 Å². The second-order valence-corrected chi connectivity index (χ2v) is 5.88. The molecule has 5 heteroatoms. The fourth-order valence-electron chi connectivity index (χ4n) is 2.33. The number of rotatable bonds is 4. The molecule has 4 rings (SSSR count). The summed E-state index contributed by atoms with van der Waals surface area (Å²) in [6.45, 7) is 0.607. The molecular formula is C17H13N3OS. The lowest BCUT2D eigenvalue weighted by molar-refractivity contribution is 0.518. The van der Waals surface area contributed by atoms with Crippen molar-refractivity contribution >= 4 is 27.4 Å². The smallest absolute Gasteiger partial charge is 0.138 e. The van der Waals surface area contributed by atoms with E-state index in [9.17, 15) is 0 Å². The highest BCUT2D eigenvalue weighted by molar-refractivity contribution is 7.21. The van der Waals surface area contributed by atoms with E-state index in [1.165, 1.54) is 10.4 Å². The molecule has 0 aliphatic heterocycles. The fourth-order valence-corrected chi connectivity index (χ4v) is 3.33. The van der Waals surface area contributed by atoms with Crippen LogP contribution in [0.25, 0.3) is 20.7 Å². The predicted molar refractivity (Wildman–Crippen MR) is 88.9 cm³/mol. The van der Waals surface area contributed by atoms with Crippen LogP contribution < -0.4 is 5.32 Å². The van der Waals surface area contributed by atoms with E-state index < -0.39 is 0 Å². The zero-order valence-corrected chi connectivity index (χ0v) is 12.5. The monoisotopic (exact) mass is 307 g/mol. The van der Waals surface area contributed by atoms with Crippen molar-refractivity contribution in [3.8, 4) is 10.4 Å². The van der Waals surface area contributed by atoms with Gasteiger partial charge in [-0.05, 0) is 23.8 Å². The quantitative estimate of drug-likeness (QED) is 0.600. The Bertz CT molecular complexity index is 885. The Morgan fingerprint density at radius 1 is 1.05 bits per heavy atom. The van der Waals surface area contributed by atoms with E-state index in [1.54, 1.807) is 23.9 Å². The molecule has 0 fully saturated rings. The zero-order valence-electron chi connectivity index (χ0n) is 11.7. The largest absolute Gasteiger partial charge is 0.467 e. The summed E-state index contributed by atoms with van der Waals surface area (Å²) in [5, 5.41) is 4.36. The Kier molecular flexibility index (Phi) is 3.33. The summed E-state index contributed by atoms with van der Waals surface area (Å²) >= 11 is 1.67. The summed E-state index contributed by atoms with van der Waals surface area (Å²) in [5.41, 5.74) is 1.20. The average Bonchev–Trinajstić information content (AvgIpc) is 3.23. The summed E-state index contributed by atoms with van der Waals surface area (Å²) < 4.78 is 5.34. The third kappa shape index (κ3) is 2.46. The van der Waals surface area contributed by atoms with Crippen molar-refractivity contribution in [3.05, 3.63) is 66.9 Å². The van der Waals surface area contributed by atoms with Crippen molar-refractivity contribution in [3.63, 3.8) is 0 Å². The highest BCUT2D eigenvalue weighted by Gasteiger charge is 2.10. The van der Waals surface area contributed by atoms with Gasteiger partial charge in [-0.15, -0.1) is 11.3 Å². The van der Waals surface area contributed by atoms with E-state index in [0.717, 1.165) is 21.8 Å². The Morgan fingerprint density at radius 2 is 1.95 bits per heavy atom. The maximum absolute atomic E-state index is 5.34. The zero-order chi connectivity index (χ0) is 14.8. The maximum atomic E-state index is 5.34. The van der Waals surface area contributed by atoms with E-state index in [2.05, 4.69) is 33.5 Å². The van der Waals surface area contributed by atoms with Crippen LogP contribution in [0.3, 0.4) is 0 Å². The van der Waals surface area contributed by atoms with Crippen LogP contribution in [0.4, 0.5) is 5.82 Å². The van der Waals surface area contributed by atoms with E-state index in [1.807, 2.05) is 30.3 Å². The van der Waals surface area contributed by atoms with Crippen LogP contribution in [0.15, 0.2) is 65.5 Å². The van der Waals surface area contributed by atoms with Crippen molar-refractivity contribution < 1.29 is 4.42 Å². The van der Waals surface area contributed by atoms with Crippen LogP contribution in [0.5, 0.6) is 0 Å². The molecule has 0 aliphatic rings. The van der Waals surface area contributed by atoms with Crippen molar-refractivity contribution in [2.75, 3.05) is 5.32 Å². The highest BCUT2D eigenvalue weighted by Crippen LogP contribution is 2.34. The van der Waals surface area contributed by atoms with Gasteiger partial charge in [0.15, 0.2) is 0 Å². The molecule has 4 nitrogen and oxygen atoms in total. The number of aromatic nitrogens is 2. The van der Waals surface area contributed by atoms with Gasteiger partial charge < -0.3 is 9.73 Å². The van der Waals surface area contributed by atoms with Gasteiger partial charge in [-0.3, -0.25) is 0 Å². The van der Waals surface area contributed by atoms with Gasteiger partial charge >= 0.3 is 0 Å². The number of anilines is 1. The molecule has 0 aliphatic carbocycles. The Labute approximate surface area is 131 Å². The van der Waals surface area contributed by atoms with Crippen LogP contribution in [-0.2, 0) is 6.54 Å². The topological polar surface area (TPSA) is 51.0 Å². The first kappa shape index (κ1) is 13.0. The molecule has 0 saturated heterocycles. The Morgan fingerprint density at radius 3 is 2.77 bits per heavy atom. The molecule has 0 unspecified atom stereocenters. The van der Waals surface area contributed by atoms with Gasteiger partial charge in [0.25, 0.3) is 0 Å². The van der Waals surface area contributed by atoms with Gasteiger partial charge in [-0.25, -0.2) is 9.97 Å². The lowest BCUT2D eigenvalue weighted by atomic mass is 10.2. The third-order valence-corrected chi connectivity index (χ3v) is 4.49. The van der Waals surface area contributed by atoms with Crippen LogP contribution in [0, 0.1) is 0 Å². The predicted octanol–water partition coefficient (Wildman–Crippen LogP) is 4.56.